The first-order valence-electron chi connectivity index (χ1n) is 11.4. The van der Waals surface area contributed by atoms with Gasteiger partial charge in [0, 0.05) is 18.5 Å². The van der Waals surface area contributed by atoms with Gasteiger partial charge in [0.1, 0.15) is 11.6 Å². The smallest absolute Gasteiger partial charge is 0.320 e. The number of ketones is 1. The number of hydrogen-bond donors (Lipinski definition) is 1. The van der Waals surface area contributed by atoms with Crippen LogP contribution in [0.3, 0.4) is 0 Å². The summed E-state index contributed by atoms with van der Waals surface area (Å²) in [7, 11) is 0. The number of Topliss-reactive ketones (excluding diaryl/α,β-unsaturated/α-hetero) is 1. The van der Waals surface area contributed by atoms with Gasteiger partial charge >= 0.3 is 6.01 Å². The standard InChI is InChI=1S/C18H22N4O2.C6H13N/c1-2-3-9-24-18-20-16(19)15-10-14(23)12-22(17(15)21-18)11-13-7-5-4-6-8-13;1-2-7-5-3-4-6-7/h4-8H,2-3,9-12H2,1H3,(H2,19,20,21);2-6H2,1H3. The van der Waals surface area contributed by atoms with Gasteiger partial charge in [-0.25, -0.2) is 0 Å². The molecule has 3 heterocycles. The Morgan fingerprint density at radius 3 is 2.48 bits per heavy atom. The number of carbonyl (C=O) groups is 1. The topological polar surface area (TPSA) is 84.6 Å². The third kappa shape index (κ3) is 6.66. The second kappa shape index (κ2) is 11.6. The second-order valence-electron chi connectivity index (χ2n) is 8.09. The van der Waals surface area contributed by atoms with Gasteiger partial charge in [-0.15, -0.1) is 0 Å². The molecule has 1 aromatic heterocycles. The van der Waals surface area contributed by atoms with Crippen molar-refractivity contribution in [2.24, 2.45) is 0 Å². The lowest BCUT2D eigenvalue weighted by Crippen LogP contribution is -2.36. The Morgan fingerprint density at radius 1 is 1.10 bits per heavy atom. The number of benzene rings is 1. The van der Waals surface area contributed by atoms with Gasteiger partial charge in [0.15, 0.2) is 5.78 Å². The molecule has 0 bridgehead atoms. The van der Waals surface area contributed by atoms with Crippen molar-refractivity contribution in [1.29, 1.82) is 0 Å². The number of rotatable bonds is 7. The molecule has 0 saturated carbocycles. The zero-order valence-corrected chi connectivity index (χ0v) is 18.8. The molecular weight excluding hydrogens is 390 g/mol. The van der Waals surface area contributed by atoms with E-state index in [2.05, 4.69) is 28.7 Å². The number of hydrogen-bond acceptors (Lipinski definition) is 7. The molecule has 0 amide bonds. The molecule has 2 aromatic rings. The van der Waals surface area contributed by atoms with Crippen molar-refractivity contribution >= 4 is 17.4 Å². The van der Waals surface area contributed by atoms with Crippen LogP contribution in [0.4, 0.5) is 11.6 Å². The fraction of sp³-hybridized carbons (Fsp3) is 0.542. The van der Waals surface area contributed by atoms with Crippen molar-refractivity contribution in [1.82, 2.24) is 14.9 Å². The number of nitrogen functional groups attached to an aromatic ring is 1. The van der Waals surface area contributed by atoms with Crippen LogP contribution in [0.15, 0.2) is 30.3 Å². The molecule has 31 heavy (non-hydrogen) atoms. The van der Waals surface area contributed by atoms with E-state index in [9.17, 15) is 4.79 Å². The van der Waals surface area contributed by atoms with E-state index in [-0.39, 0.29) is 18.2 Å². The van der Waals surface area contributed by atoms with E-state index in [1.807, 2.05) is 35.2 Å². The molecule has 0 atom stereocenters. The third-order valence-corrected chi connectivity index (χ3v) is 5.63. The molecule has 2 aliphatic rings. The van der Waals surface area contributed by atoms with Crippen LogP contribution >= 0.6 is 0 Å². The van der Waals surface area contributed by atoms with Gasteiger partial charge in [0.2, 0.25) is 0 Å². The molecule has 0 aliphatic carbocycles. The fourth-order valence-corrected chi connectivity index (χ4v) is 3.85. The first kappa shape index (κ1) is 23.0. The van der Waals surface area contributed by atoms with Gasteiger partial charge in [-0.1, -0.05) is 50.6 Å². The quantitative estimate of drug-likeness (QED) is 0.680. The minimum absolute atomic E-state index is 0.119. The van der Waals surface area contributed by atoms with E-state index in [0.717, 1.165) is 18.4 Å². The molecule has 0 spiro atoms. The molecule has 2 aliphatic heterocycles. The van der Waals surface area contributed by atoms with Crippen molar-refractivity contribution in [3.05, 3.63) is 41.5 Å². The Morgan fingerprint density at radius 2 is 1.84 bits per heavy atom. The number of nitrogens with two attached hydrogens (primary N) is 1. The molecule has 0 unspecified atom stereocenters. The maximum atomic E-state index is 12.1. The van der Waals surface area contributed by atoms with E-state index in [1.54, 1.807) is 0 Å². The highest BCUT2D eigenvalue weighted by molar-refractivity contribution is 5.91. The normalized spacial score (nSPS) is 15.9. The number of nitrogens with zero attached hydrogens (tertiary/aromatic N) is 4. The van der Waals surface area contributed by atoms with Crippen LogP contribution in [0.2, 0.25) is 0 Å². The minimum Gasteiger partial charge on any atom is -0.463 e. The van der Waals surface area contributed by atoms with Gasteiger partial charge in [-0.3, -0.25) is 4.79 Å². The van der Waals surface area contributed by atoms with Crippen LogP contribution < -0.4 is 15.4 Å². The first-order valence-corrected chi connectivity index (χ1v) is 11.4. The molecule has 7 heteroatoms. The number of carbonyl (C=O) groups excluding carboxylic acids is 1. The molecule has 1 fully saturated rings. The van der Waals surface area contributed by atoms with Crippen molar-refractivity contribution in [3.63, 3.8) is 0 Å². The number of ether oxygens (including phenoxy) is 1. The lowest BCUT2D eigenvalue weighted by Gasteiger charge is -2.29. The largest absolute Gasteiger partial charge is 0.463 e. The van der Waals surface area contributed by atoms with Crippen molar-refractivity contribution < 1.29 is 9.53 Å². The van der Waals surface area contributed by atoms with Crippen LogP contribution in [0.25, 0.3) is 0 Å². The predicted molar refractivity (Wildman–Crippen MR) is 124 cm³/mol. The fourth-order valence-electron chi connectivity index (χ4n) is 3.85. The number of unbranched alkanes of at least 4 members (excludes halogenated alkanes) is 1. The highest BCUT2D eigenvalue weighted by Gasteiger charge is 2.27. The summed E-state index contributed by atoms with van der Waals surface area (Å²) in [5.41, 5.74) is 7.87. The van der Waals surface area contributed by atoms with Gasteiger partial charge in [-0.2, -0.15) is 9.97 Å². The van der Waals surface area contributed by atoms with Crippen molar-refractivity contribution in [2.75, 3.05) is 43.4 Å². The monoisotopic (exact) mass is 425 g/mol. The Hall–Kier alpha value is -2.67. The van der Waals surface area contributed by atoms with Crippen LogP contribution in [-0.2, 0) is 17.8 Å². The van der Waals surface area contributed by atoms with E-state index in [1.165, 1.54) is 32.5 Å². The van der Waals surface area contributed by atoms with E-state index >= 15 is 0 Å². The Balaban J connectivity index is 0.000000330. The van der Waals surface area contributed by atoms with Crippen molar-refractivity contribution in [3.8, 4) is 6.01 Å². The maximum Gasteiger partial charge on any atom is 0.320 e. The van der Waals surface area contributed by atoms with E-state index < -0.39 is 0 Å². The zero-order chi connectivity index (χ0) is 22.1. The van der Waals surface area contributed by atoms with Crippen LogP contribution in [0, 0.1) is 0 Å². The highest BCUT2D eigenvalue weighted by atomic mass is 16.5. The third-order valence-electron chi connectivity index (χ3n) is 5.63. The average molecular weight is 426 g/mol. The molecule has 0 radical (unpaired) electrons. The number of likely N-dealkylation sites (tertiary alicyclic amines) is 1. The first-order chi connectivity index (χ1) is 15.1. The van der Waals surface area contributed by atoms with Gasteiger partial charge in [0.05, 0.1) is 13.2 Å². The maximum absolute atomic E-state index is 12.1. The lowest BCUT2D eigenvalue weighted by molar-refractivity contribution is -0.117. The Kier molecular flexibility index (Phi) is 8.64. The summed E-state index contributed by atoms with van der Waals surface area (Å²) >= 11 is 0. The molecule has 4 rings (SSSR count). The molecule has 7 nitrogen and oxygen atoms in total. The summed E-state index contributed by atoms with van der Waals surface area (Å²) in [6.45, 7) is 9.75. The summed E-state index contributed by atoms with van der Waals surface area (Å²) in [5.74, 6) is 1.16. The predicted octanol–water partition coefficient (Wildman–Crippen LogP) is 3.47. The minimum atomic E-state index is 0.119. The van der Waals surface area contributed by atoms with E-state index in [0.29, 0.717) is 36.9 Å². The second-order valence-corrected chi connectivity index (χ2v) is 8.09. The average Bonchev–Trinajstić information content (AvgIpc) is 3.30. The molecule has 168 valence electrons. The number of anilines is 2. The lowest BCUT2D eigenvalue weighted by atomic mass is 10.0. The summed E-state index contributed by atoms with van der Waals surface area (Å²) in [6, 6.07) is 10.3. The van der Waals surface area contributed by atoms with Crippen LogP contribution in [-0.4, -0.2) is 53.4 Å². The van der Waals surface area contributed by atoms with Gasteiger partial charge < -0.3 is 20.3 Å². The van der Waals surface area contributed by atoms with Crippen LogP contribution in [0.1, 0.15) is 50.7 Å². The van der Waals surface area contributed by atoms with Crippen molar-refractivity contribution in [2.45, 2.75) is 52.5 Å². The Labute approximate surface area is 185 Å². The van der Waals surface area contributed by atoms with Crippen LogP contribution in [0.5, 0.6) is 6.01 Å². The van der Waals surface area contributed by atoms with Gasteiger partial charge in [-0.05, 0) is 44.5 Å². The summed E-state index contributed by atoms with van der Waals surface area (Å²) in [6.07, 6.45) is 5.10. The zero-order valence-electron chi connectivity index (χ0n) is 18.8. The Bertz CT molecular complexity index is 837. The summed E-state index contributed by atoms with van der Waals surface area (Å²) in [4.78, 5) is 25.2. The molecule has 1 saturated heterocycles. The van der Waals surface area contributed by atoms with Gasteiger partial charge in [0.25, 0.3) is 0 Å². The number of fused-ring (bicyclic) bond motifs is 1. The summed E-state index contributed by atoms with van der Waals surface area (Å²) < 4.78 is 5.60. The molecule has 1 aromatic carbocycles. The summed E-state index contributed by atoms with van der Waals surface area (Å²) in [5, 5.41) is 0. The molecule has 2 N–H and O–H groups in total. The SMILES string of the molecule is CCCCOc1nc(N)c2c(n1)N(Cc1ccccc1)CC(=O)C2.CCN1CCCC1. The highest BCUT2D eigenvalue weighted by Crippen LogP contribution is 2.30. The van der Waals surface area contributed by atoms with E-state index in [4.69, 9.17) is 10.5 Å². The molecular formula is C24H35N5O2. The number of aromatic nitrogens is 2.